The lowest BCUT2D eigenvalue weighted by atomic mass is 10.2. The fourth-order valence-electron chi connectivity index (χ4n) is 1.82. The first kappa shape index (κ1) is 11.7. The van der Waals surface area contributed by atoms with Gasteiger partial charge in [-0.15, -0.1) is 0 Å². The largest absolute Gasteiger partial charge is 0.337 e. The zero-order chi connectivity index (χ0) is 13.4. The van der Waals surface area contributed by atoms with E-state index in [2.05, 4.69) is 15.0 Å². The number of hydrogen-bond donors (Lipinski definition) is 2. The van der Waals surface area contributed by atoms with Crippen LogP contribution < -0.4 is 5.73 Å². The van der Waals surface area contributed by atoms with E-state index < -0.39 is 11.6 Å². The topological polar surface area (TPSA) is 67.6 Å². The first-order valence-electron chi connectivity index (χ1n) is 5.68. The molecule has 0 radical (unpaired) electrons. The average Bonchev–Trinajstić information content (AvgIpc) is 2.88. The zero-order valence-electron chi connectivity index (χ0n) is 9.82. The van der Waals surface area contributed by atoms with Crippen molar-refractivity contribution < 1.29 is 8.78 Å². The highest BCUT2D eigenvalue weighted by Gasteiger charge is 2.13. The number of aromatic amines is 1. The van der Waals surface area contributed by atoms with E-state index >= 15 is 0 Å². The number of imidazole rings is 1. The van der Waals surface area contributed by atoms with Crippen LogP contribution in [0.1, 0.15) is 5.56 Å². The van der Waals surface area contributed by atoms with Gasteiger partial charge in [0, 0.05) is 12.7 Å². The Hall–Kier alpha value is -2.34. The summed E-state index contributed by atoms with van der Waals surface area (Å²) in [5.41, 5.74) is 7.32. The molecule has 3 rings (SSSR count). The van der Waals surface area contributed by atoms with Crippen LogP contribution in [0.4, 0.5) is 8.78 Å². The Bertz CT molecular complexity index is 734. The molecule has 4 nitrogen and oxygen atoms in total. The standard InChI is InChI=1S/C13H10F2N4/c14-8-2-4-9-12(11(8)15)19-13(18-9)10-3-1-7(5-16)6-17-10/h1-4,6H,5,16H2,(H,18,19). The van der Waals surface area contributed by atoms with Crippen molar-refractivity contribution in [3.8, 4) is 11.5 Å². The van der Waals surface area contributed by atoms with Gasteiger partial charge in [-0.3, -0.25) is 4.98 Å². The molecule has 0 amide bonds. The quantitative estimate of drug-likeness (QED) is 0.743. The minimum Gasteiger partial charge on any atom is -0.337 e. The van der Waals surface area contributed by atoms with Crippen LogP contribution in [0.25, 0.3) is 22.6 Å². The van der Waals surface area contributed by atoms with Crippen molar-refractivity contribution >= 4 is 11.0 Å². The molecular weight excluding hydrogens is 250 g/mol. The number of nitrogens with two attached hydrogens (primary N) is 1. The number of nitrogens with one attached hydrogen (secondary N) is 1. The minimum absolute atomic E-state index is 0.0281. The first-order valence-corrected chi connectivity index (χ1v) is 5.68. The molecule has 0 saturated heterocycles. The maximum atomic E-state index is 13.6. The molecule has 0 aliphatic heterocycles. The highest BCUT2D eigenvalue weighted by molar-refractivity contribution is 5.79. The van der Waals surface area contributed by atoms with Crippen LogP contribution in [0.3, 0.4) is 0 Å². The summed E-state index contributed by atoms with van der Waals surface area (Å²) in [6, 6.07) is 6.05. The first-order chi connectivity index (χ1) is 9.19. The van der Waals surface area contributed by atoms with Gasteiger partial charge < -0.3 is 10.7 Å². The number of fused-ring (bicyclic) bond motifs is 1. The molecule has 19 heavy (non-hydrogen) atoms. The predicted molar refractivity (Wildman–Crippen MR) is 67.1 cm³/mol. The van der Waals surface area contributed by atoms with Crippen molar-refractivity contribution in [2.24, 2.45) is 5.73 Å². The molecule has 96 valence electrons. The van der Waals surface area contributed by atoms with Gasteiger partial charge in [0.25, 0.3) is 0 Å². The predicted octanol–water partition coefficient (Wildman–Crippen LogP) is 2.36. The van der Waals surface area contributed by atoms with E-state index in [0.717, 1.165) is 11.6 Å². The molecular formula is C13H10F2N4. The van der Waals surface area contributed by atoms with E-state index in [-0.39, 0.29) is 5.52 Å². The molecule has 0 atom stereocenters. The number of H-pyrrole nitrogens is 1. The van der Waals surface area contributed by atoms with Crippen molar-refractivity contribution in [1.82, 2.24) is 15.0 Å². The molecule has 1 aromatic carbocycles. The number of aromatic nitrogens is 3. The summed E-state index contributed by atoms with van der Waals surface area (Å²) >= 11 is 0. The summed E-state index contributed by atoms with van der Waals surface area (Å²) < 4.78 is 26.7. The van der Waals surface area contributed by atoms with Crippen molar-refractivity contribution in [1.29, 1.82) is 0 Å². The van der Waals surface area contributed by atoms with Crippen molar-refractivity contribution in [3.05, 3.63) is 47.7 Å². The molecule has 0 unspecified atom stereocenters. The highest BCUT2D eigenvalue weighted by Crippen LogP contribution is 2.22. The molecule has 2 aromatic heterocycles. The summed E-state index contributed by atoms with van der Waals surface area (Å²) in [7, 11) is 0. The van der Waals surface area contributed by atoms with Gasteiger partial charge in [-0.05, 0) is 23.8 Å². The van der Waals surface area contributed by atoms with Crippen LogP contribution in [0.15, 0.2) is 30.5 Å². The number of benzene rings is 1. The second-order valence-electron chi connectivity index (χ2n) is 4.10. The van der Waals surface area contributed by atoms with E-state index in [9.17, 15) is 8.78 Å². The molecule has 0 bridgehead atoms. The Morgan fingerprint density at radius 3 is 2.68 bits per heavy atom. The zero-order valence-corrected chi connectivity index (χ0v) is 9.82. The normalized spacial score (nSPS) is 11.1. The summed E-state index contributed by atoms with van der Waals surface area (Å²) in [6.45, 7) is 0.396. The van der Waals surface area contributed by atoms with E-state index in [4.69, 9.17) is 5.73 Å². The lowest BCUT2D eigenvalue weighted by Crippen LogP contribution is -1.97. The molecule has 3 N–H and O–H groups in total. The average molecular weight is 260 g/mol. The van der Waals surface area contributed by atoms with Gasteiger partial charge in [0.1, 0.15) is 11.2 Å². The van der Waals surface area contributed by atoms with Gasteiger partial charge >= 0.3 is 0 Å². The maximum Gasteiger partial charge on any atom is 0.186 e. The van der Waals surface area contributed by atoms with Gasteiger partial charge in [-0.2, -0.15) is 0 Å². The fourth-order valence-corrected chi connectivity index (χ4v) is 1.82. The molecule has 0 aliphatic carbocycles. The third-order valence-electron chi connectivity index (χ3n) is 2.85. The van der Waals surface area contributed by atoms with Gasteiger partial charge in [-0.25, -0.2) is 13.8 Å². The summed E-state index contributed by atoms with van der Waals surface area (Å²) in [5.74, 6) is -1.49. The summed E-state index contributed by atoms with van der Waals surface area (Å²) in [6.07, 6.45) is 1.62. The van der Waals surface area contributed by atoms with Crippen molar-refractivity contribution in [2.75, 3.05) is 0 Å². The monoisotopic (exact) mass is 260 g/mol. The van der Waals surface area contributed by atoms with Gasteiger partial charge in [-0.1, -0.05) is 6.07 Å². The van der Waals surface area contributed by atoms with Gasteiger partial charge in [0.2, 0.25) is 0 Å². The second kappa shape index (κ2) is 4.40. The Morgan fingerprint density at radius 1 is 1.16 bits per heavy atom. The van der Waals surface area contributed by atoms with E-state index in [0.29, 0.717) is 23.6 Å². The van der Waals surface area contributed by atoms with Crippen LogP contribution >= 0.6 is 0 Å². The van der Waals surface area contributed by atoms with E-state index in [1.54, 1.807) is 12.3 Å². The van der Waals surface area contributed by atoms with Crippen LogP contribution in [-0.4, -0.2) is 15.0 Å². The fraction of sp³-hybridized carbons (Fsp3) is 0.0769. The summed E-state index contributed by atoms with van der Waals surface area (Å²) in [5, 5.41) is 0. The number of rotatable bonds is 2. The third-order valence-corrected chi connectivity index (χ3v) is 2.85. The highest BCUT2D eigenvalue weighted by atomic mass is 19.2. The molecule has 6 heteroatoms. The molecule has 3 aromatic rings. The molecule has 0 spiro atoms. The van der Waals surface area contributed by atoms with Crippen LogP contribution in [0.5, 0.6) is 0 Å². The SMILES string of the molecule is NCc1ccc(-c2nc3c(F)c(F)ccc3[nH]2)nc1. The number of halogens is 2. The number of nitrogens with zero attached hydrogens (tertiary/aromatic N) is 2. The van der Waals surface area contributed by atoms with Crippen molar-refractivity contribution in [2.45, 2.75) is 6.54 Å². The Kier molecular flexibility index (Phi) is 2.72. The minimum atomic E-state index is -0.960. The van der Waals surface area contributed by atoms with Gasteiger partial charge in [0.15, 0.2) is 17.5 Å². The number of hydrogen-bond acceptors (Lipinski definition) is 3. The van der Waals surface area contributed by atoms with E-state index in [1.807, 2.05) is 6.07 Å². The maximum absolute atomic E-state index is 13.6. The van der Waals surface area contributed by atoms with E-state index in [1.165, 1.54) is 6.07 Å². The second-order valence-corrected chi connectivity index (χ2v) is 4.10. The van der Waals surface area contributed by atoms with Crippen molar-refractivity contribution in [3.63, 3.8) is 0 Å². The third kappa shape index (κ3) is 1.96. The van der Waals surface area contributed by atoms with Crippen LogP contribution in [-0.2, 0) is 6.54 Å². The smallest absolute Gasteiger partial charge is 0.186 e. The van der Waals surface area contributed by atoms with Gasteiger partial charge in [0.05, 0.1) is 5.52 Å². The number of pyridine rings is 1. The Morgan fingerprint density at radius 2 is 2.00 bits per heavy atom. The Balaban J connectivity index is 2.12. The lowest BCUT2D eigenvalue weighted by molar-refractivity contribution is 0.515. The van der Waals surface area contributed by atoms with Crippen LogP contribution in [0.2, 0.25) is 0 Å². The summed E-state index contributed by atoms with van der Waals surface area (Å²) in [4.78, 5) is 11.1. The van der Waals surface area contributed by atoms with Crippen LogP contribution in [0, 0.1) is 11.6 Å². The molecule has 2 heterocycles. The molecule has 0 fully saturated rings. The molecule has 0 aliphatic rings. The molecule has 0 saturated carbocycles. The Labute approximate surface area is 107 Å². The lowest BCUT2D eigenvalue weighted by Gasteiger charge is -1.97.